The molecule has 3 aromatic rings. The van der Waals surface area contributed by atoms with E-state index in [0.29, 0.717) is 0 Å². The van der Waals surface area contributed by atoms with Crippen LogP contribution in [0.25, 0.3) is 0 Å². The van der Waals surface area contributed by atoms with Gasteiger partial charge in [-0.1, -0.05) is 67.6 Å². The molecule has 2 nitrogen and oxygen atoms in total. The van der Waals surface area contributed by atoms with Gasteiger partial charge in [-0.05, 0) is 41.8 Å². The van der Waals surface area contributed by atoms with E-state index < -0.39 is 0 Å². The number of ether oxygens (including phenoxy) is 1. The summed E-state index contributed by atoms with van der Waals surface area (Å²) in [7, 11) is 0. The van der Waals surface area contributed by atoms with Gasteiger partial charge in [-0.15, -0.1) is 0 Å². The van der Waals surface area contributed by atoms with Crippen molar-refractivity contribution in [1.29, 1.82) is 0 Å². The van der Waals surface area contributed by atoms with Crippen molar-refractivity contribution in [3.8, 4) is 5.75 Å². The highest BCUT2D eigenvalue weighted by atomic mass is 16.5. The maximum atomic E-state index is 5.71. The monoisotopic (exact) mass is 331 g/mol. The van der Waals surface area contributed by atoms with Crippen molar-refractivity contribution < 1.29 is 4.74 Å². The second kappa shape index (κ2) is 8.93. The predicted molar refractivity (Wildman–Crippen MR) is 105 cm³/mol. The first-order valence-electron chi connectivity index (χ1n) is 8.91. The molecule has 25 heavy (non-hydrogen) atoms. The summed E-state index contributed by atoms with van der Waals surface area (Å²) < 4.78 is 5.71. The Morgan fingerprint density at radius 2 is 1.20 bits per heavy atom. The topological polar surface area (TPSA) is 12.5 Å². The van der Waals surface area contributed by atoms with E-state index in [-0.39, 0.29) is 0 Å². The number of nitrogens with zero attached hydrogens (tertiary/aromatic N) is 1. The molecule has 0 unspecified atom stereocenters. The predicted octanol–water partition coefficient (Wildman–Crippen LogP) is 5.68. The summed E-state index contributed by atoms with van der Waals surface area (Å²) in [6.45, 7) is 4.64. The Kier molecular flexibility index (Phi) is 6.11. The first-order chi connectivity index (χ1) is 12.3. The van der Waals surface area contributed by atoms with E-state index in [1.165, 1.54) is 16.8 Å². The van der Waals surface area contributed by atoms with Crippen LogP contribution in [0.2, 0.25) is 0 Å². The molecule has 0 aromatic heterocycles. The van der Waals surface area contributed by atoms with Gasteiger partial charge in [-0.3, -0.25) is 0 Å². The third-order valence-corrected chi connectivity index (χ3v) is 4.11. The van der Waals surface area contributed by atoms with Gasteiger partial charge in [-0.2, -0.15) is 0 Å². The van der Waals surface area contributed by atoms with E-state index in [9.17, 15) is 0 Å². The zero-order valence-electron chi connectivity index (χ0n) is 14.8. The summed E-state index contributed by atoms with van der Waals surface area (Å²) in [4.78, 5) is 2.40. The standard InChI is InChI=1S/C23H25NO/c1-2-17-25-23-15-13-22(14-16-23)24(18-20-9-5-3-6-10-20)19-21-11-7-4-8-12-21/h3-16H,2,17-19H2,1H3. The lowest BCUT2D eigenvalue weighted by Crippen LogP contribution is -2.22. The quantitative estimate of drug-likeness (QED) is 0.526. The van der Waals surface area contributed by atoms with Crippen LogP contribution in [0.4, 0.5) is 5.69 Å². The molecule has 0 saturated heterocycles. The van der Waals surface area contributed by atoms with Crippen LogP contribution >= 0.6 is 0 Å². The Hall–Kier alpha value is -2.74. The Labute approximate surface area is 150 Å². The fourth-order valence-electron chi connectivity index (χ4n) is 2.82. The molecule has 0 atom stereocenters. The second-order valence-electron chi connectivity index (χ2n) is 6.17. The molecule has 0 aliphatic rings. The van der Waals surface area contributed by atoms with Crippen LogP contribution in [0.15, 0.2) is 84.9 Å². The van der Waals surface area contributed by atoms with Crippen LogP contribution in [-0.2, 0) is 13.1 Å². The van der Waals surface area contributed by atoms with E-state index in [2.05, 4.69) is 96.8 Å². The second-order valence-corrected chi connectivity index (χ2v) is 6.17. The Bertz CT molecular complexity index is 697. The SMILES string of the molecule is CCCOc1ccc(N(Cc2ccccc2)Cc2ccccc2)cc1. The smallest absolute Gasteiger partial charge is 0.119 e. The Morgan fingerprint density at radius 3 is 1.68 bits per heavy atom. The largest absolute Gasteiger partial charge is 0.494 e. The van der Waals surface area contributed by atoms with E-state index in [1.807, 2.05) is 0 Å². The van der Waals surface area contributed by atoms with Crippen LogP contribution in [0.1, 0.15) is 24.5 Å². The molecule has 3 rings (SSSR count). The lowest BCUT2D eigenvalue weighted by molar-refractivity contribution is 0.317. The number of rotatable bonds is 8. The van der Waals surface area contributed by atoms with Gasteiger partial charge in [-0.25, -0.2) is 0 Å². The van der Waals surface area contributed by atoms with Crippen molar-refractivity contribution in [3.05, 3.63) is 96.1 Å². The van der Waals surface area contributed by atoms with E-state index >= 15 is 0 Å². The lowest BCUT2D eigenvalue weighted by atomic mass is 10.1. The van der Waals surface area contributed by atoms with Gasteiger partial charge in [0.05, 0.1) is 6.61 Å². The highest BCUT2D eigenvalue weighted by Gasteiger charge is 2.09. The van der Waals surface area contributed by atoms with Gasteiger partial charge in [0, 0.05) is 18.8 Å². The first kappa shape index (κ1) is 17.1. The Balaban J connectivity index is 1.79. The molecule has 3 aromatic carbocycles. The minimum absolute atomic E-state index is 0.761. The maximum absolute atomic E-state index is 5.71. The van der Waals surface area contributed by atoms with Crippen molar-refractivity contribution in [2.45, 2.75) is 26.4 Å². The van der Waals surface area contributed by atoms with Crippen molar-refractivity contribution in [2.24, 2.45) is 0 Å². The molecule has 0 heterocycles. The van der Waals surface area contributed by atoms with Crippen LogP contribution < -0.4 is 9.64 Å². The maximum Gasteiger partial charge on any atom is 0.119 e. The Morgan fingerprint density at radius 1 is 0.680 bits per heavy atom. The fourth-order valence-corrected chi connectivity index (χ4v) is 2.82. The minimum Gasteiger partial charge on any atom is -0.494 e. The molecule has 0 aliphatic heterocycles. The zero-order chi connectivity index (χ0) is 17.3. The van der Waals surface area contributed by atoms with Crippen molar-refractivity contribution in [2.75, 3.05) is 11.5 Å². The van der Waals surface area contributed by atoms with Gasteiger partial charge < -0.3 is 9.64 Å². The fraction of sp³-hybridized carbons (Fsp3) is 0.217. The minimum atomic E-state index is 0.761. The molecule has 0 spiro atoms. The molecular weight excluding hydrogens is 306 g/mol. The summed E-state index contributed by atoms with van der Waals surface area (Å²) in [6.07, 6.45) is 1.02. The number of hydrogen-bond donors (Lipinski definition) is 0. The van der Waals surface area contributed by atoms with Crippen molar-refractivity contribution >= 4 is 5.69 Å². The molecule has 2 heteroatoms. The zero-order valence-corrected chi connectivity index (χ0v) is 14.8. The molecular formula is C23H25NO. The number of hydrogen-bond acceptors (Lipinski definition) is 2. The van der Waals surface area contributed by atoms with Crippen LogP contribution in [-0.4, -0.2) is 6.61 Å². The molecule has 0 aliphatic carbocycles. The third kappa shape index (κ3) is 5.12. The van der Waals surface area contributed by atoms with Gasteiger partial charge in [0.1, 0.15) is 5.75 Å². The summed E-state index contributed by atoms with van der Waals surface area (Å²) in [5.74, 6) is 0.935. The first-order valence-corrected chi connectivity index (χ1v) is 8.91. The van der Waals surface area contributed by atoms with Gasteiger partial charge in [0.2, 0.25) is 0 Å². The summed E-state index contributed by atoms with van der Waals surface area (Å²) in [5.41, 5.74) is 3.83. The molecule has 0 bridgehead atoms. The molecule has 0 radical (unpaired) electrons. The molecule has 0 fully saturated rings. The van der Waals surface area contributed by atoms with Crippen molar-refractivity contribution in [3.63, 3.8) is 0 Å². The van der Waals surface area contributed by atoms with Gasteiger partial charge >= 0.3 is 0 Å². The lowest BCUT2D eigenvalue weighted by Gasteiger charge is -2.25. The van der Waals surface area contributed by atoms with E-state index in [4.69, 9.17) is 4.74 Å². The molecule has 0 saturated carbocycles. The highest BCUT2D eigenvalue weighted by molar-refractivity contribution is 5.50. The summed E-state index contributed by atoms with van der Waals surface area (Å²) in [6, 6.07) is 29.6. The van der Waals surface area contributed by atoms with Crippen molar-refractivity contribution in [1.82, 2.24) is 0 Å². The average molecular weight is 331 g/mol. The van der Waals surface area contributed by atoms with Crippen LogP contribution in [0, 0.1) is 0 Å². The number of anilines is 1. The number of benzene rings is 3. The van der Waals surface area contributed by atoms with Gasteiger partial charge in [0.15, 0.2) is 0 Å². The molecule has 0 amide bonds. The molecule has 0 N–H and O–H groups in total. The van der Waals surface area contributed by atoms with Gasteiger partial charge in [0.25, 0.3) is 0 Å². The normalized spacial score (nSPS) is 10.4. The van der Waals surface area contributed by atoms with Crippen LogP contribution in [0.5, 0.6) is 5.75 Å². The van der Waals surface area contributed by atoms with Crippen LogP contribution in [0.3, 0.4) is 0 Å². The van der Waals surface area contributed by atoms with E-state index in [1.54, 1.807) is 0 Å². The third-order valence-electron chi connectivity index (χ3n) is 4.11. The average Bonchev–Trinajstić information content (AvgIpc) is 2.68. The van der Waals surface area contributed by atoms with E-state index in [0.717, 1.165) is 31.9 Å². The summed E-state index contributed by atoms with van der Waals surface area (Å²) in [5, 5.41) is 0. The molecule has 128 valence electrons. The highest BCUT2D eigenvalue weighted by Crippen LogP contribution is 2.23. The summed E-state index contributed by atoms with van der Waals surface area (Å²) >= 11 is 0.